The predicted molar refractivity (Wildman–Crippen MR) is 71.9 cm³/mol. The lowest BCUT2D eigenvalue weighted by atomic mass is 9.93. The predicted octanol–water partition coefficient (Wildman–Crippen LogP) is 2.68. The minimum atomic E-state index is -0.876. The zero-order valence-electron chi connectivity index (χ0n) is 11.5. The molecule has 0 spiro atoms. The average Bonchev–Trinajstić information content (AvgIpc) is 2.45. The maximum absolute atomic E-state index is 13.6. The summed E-state index contributed by atoms with van der Waals surface area (Å²) in [4.78, 5) is 24.3. The number of halogens is 2. The van der Waals surface area contributed by atoms with E-state index in [4.69, 9.17) is 5.11 Å². The van der Waals surface area contributed by atoms with Crippen molar-refractivity contribution < 1.29 is 23.5 Å². The quantitative estimate of drug-likeness (QED) is 0.929. The highest BCUT2D eigenvalue weighted by Crippen LogP contribution is 2.24. The second kappa shape index (κ2) is 6.65. The maximum Gasteiger partial charge on any atom is 0.303 e. The number of carbonyl (C=O) groups excluding carboxylic acids is 1. The topological polar surface area (TPSA) is 57.6 Å². The fourth-order valence-corrected chi connectivity index (χ4v) is 2.67. The molecule has 1 aromatic carbocycles. The van der Waals surface area contributed by atoms with Gasteiger partial charge in [0.15, 0.2) is 0 Å². The van der Waals surface area contributed by atoms with E-state index >= 15 is 0 Å². The molecular weight excluding hydrogens is 280 g/mol. The van der Waals surface area contributed by atoms with Gasteiger partial charge in [0, 0.05) is 19.5 Å². The number of hydrogen-bond acceptors (Lipinski definition) is 2. The number of hydrogen-bond donors (Lipinski definition) is 1. The smallest absolute Gasteiger partial charge is 0.303 e. The maximum atomic E-state index is 13.6. The second-order valence-electron chi connectivity index (χ2n) is 5.29. The lowest BCUT2D eigenvalue weighted by Crippen LogP contribution is -2.40. The van der Waals surface area contributed by atoms with Crippen LogP contribution in [0.5, 0.6) is 0 Å². The second-order valence-corrected chi connectivity index (χ2v) is 5.29. The standard InChI is InChI=1S/C15H17F2NO3/c16-11-4-1-5-12(17)14(11)15(21)18-8-2-3-10(9-18)6-7-13(19)20/h1,4-5,10H,2-3,6-9H2,(H,19,20)/t10-/m0/s1. The van der Waals surface area contributed by atoms with Gasteiger partial charge in [-0.3, -0.25) is 9.59 Å². The largest absolute Gasteiger partial charge is 0.481 e. The van der Waals surface area contributed by atoms with E-state index in [1.54, 1.807) is 0 Å². The molecule has 0 bridgehead atoms. The van der Waals surface area contributed by atoms with Crippen LogP contribution >= 0.6 is 0 Å². The number of nitrogens with zero attached hydrogens (tertiary/aromatic N) is 1. The third-order valence-electron chi connectivity index (χ3n) is 3.75. The van der Waals surface area contributed by atoms with E-state index in [-0.39, 0.29) is 12.3 Å². The van der Waals surface area contributed by atoms with E-state index in [1.807, 2.05) is 0 Å². The molecule has 1 aliphatic rings. The van der Waals surface area contributed by atoms with Crippen molar-refractivity contribution in [3.05, 3.63) is 35.4 Å². The summed E-state index contributed by atoms with van der Waals surface area (Å²) in [6.45, 7) is 0.788. The molecule has 1 aromatic rings. The van der Waals surface area contributed by atoms with E-state index in [1.165, 1.54) is 11.0 Å². The molecule has 114 valence electrons. The molecule has 1 amide bonds. The zero-order valence-corrected chi connectivity index (χ0v) is 11.5. The van der Waals surface area contributed by atoms with Gasteiger partial charge in [0.05, 0.1) is 0 Å². The Bertz CT molecular complexity index is 527. The molecule has 1 fully saturated rings. The number of amides is 1. The number of carbonyl (C=O) groups is 2. The summed E-state index contributed by atoms with van der Waals surface area (Å²) in [5.41, 5.74) is -0.531. The first-order valence-electron chi connectivity index (χ1n) is 6.94. The van der Waals surface area contributed by atoms with Gasteiger partial charge in [-0.1, -0.05) is 6.07 Å². The van der Waals surface area contributed by atoms with E-state index in [2.05, 4.69) is 0 Å². The Kier molecular flexibility index (Phi) is 4.88. The van der Waals surface area contributed by atoms with Gasteiger partial charge in [-0.05, 0) is 37.3 Å². The van der Waals surface area contributed by atoms with Crippen LogP contribution < -0.4 is 0 Å². The monoisotopic (exact) mass is 297 g/mol. The Morgan fingerprint density at radius 3 is 2.57 bits per heavy atom. The fourth-order valence-electron chi connectivity index (χ4n) is 2.67. The molecule has 1 saturated heterocycles. The SMILES string of the molecule is O=C(O)CC[C@@H]1CCCN(C(=O)c2c(F)cccc2F)C1. The van der Waals surface area contributed by atoms with Crippen molar-refractivity contribution in [2.24, 2.45) is 5.92 Å². The van der Waals surface area contributed by atoms with Crippen molar-refractivity contribution in [3.63, 3.8) is 0 Å². The molecule has 1 N–H and O–H groups in total. The molecule has 1 atom stereocenters. The van der Waals surface area contributed by atoms with Gasteiger partial charge in [-0.15, -0.1) is 0 Å². The summed E-state index contributed by atoms with van der Waals surface area (Å²) >= 11 is 0. The lowest BCUT2D eigenvalue weighted by Gasteiger charge is -2.32. The summed E-state index contributed by atoms with van der Waals surface area (Å²) in [6, 6.07) is 3.33. The Balaban J connectivity index is 2.07. The van der Waals surface area contributed by atoms with Crippen molar-refractivity contribution in [1.29, 1.82) is 0 Å². The molecule has 1 aliphatic heterocycles. The number of carboxylic acids is 1. The van der Waals surface area contributed by atoms with Gasteiger partial charge in [-0.25, -0.2) is 8.78 Å². The van der Waals surface area contributed by atoms with Crippen LogP contribution in [0.15, 0.2) is 18.2 Å². The summed E-state index contributed by atoms with van der Waals surface area (Å²) < 4.78 is 27.3. The van der Waals surface area contributed by atoms with Crippen LogP contribution in [0.2, 0.25) is 0 Å². The first-order chi connectivity index (χ1) is 9.99. The summed E-state index contributed by atoms with van der Waals surface area (Å²) in [6.07, 6.45) is 2.06. The Labute approximate surface area is 121 Å². The van der Waals surface area contributed by atoms with E-state index in [0.29, 0.717) is 25.9 Å². The van der Waals surface area contributed by atoms with E-state index in [9.17, 15) is 18.4 Å². The normalized spacial score (nSPS) is 18.6. The van der Waals surface area contributed by atoms with Gasteiger partial charge in [-0.2, -0.15) is 0 Å². The number of rotatable bonds is 4. The van der Waals surface area contributed by atoms with E-state index in [0.717, 1.165) is 18.6 Å². The van der Waals surface area contributed by atoms with Crippen molar-refractivity contribution in [3.8, 4) is 0 Å². The minimum absolute atomic E-state index is 0.0424. The highest BCUT2D eigenvalue weighted by Gasteiger charge is 2.28. The van der Waals surface area contributed by atoms with Crippen LogP contribution in [0.4, 0.5) is 8.78 Å². The van der Waals surface area contributed by atoms with Crippen LogP contribution in [0.3, 0.4) is 0 Å². The number of likely N-dealkylation sites (tertiary alicyclic amines) is 1. The molecule has 1 heterocycles. The Hall–Kier alpha value is -1.98. The zero-order chi connectivity index (χ0) is 15.4. The summed E-state index contributed by atoms with van der Waals surface area (Å²) in [5, 5.41) is 8.69. The molecule has 0 aromatic heterocycles. The van der Waals surface area contributed by atoms with Gasteiger partial charge >= 0.3 is 5.97 Å². The van der Waals surface area contributed by atoms with Crippen LogP contribution in [-0.4, -0.2) is 35.0 Å². The summed E-state index contributed by atoms with van der Waals surface area (Å²) in [7, 11) is 0. The third-order valence-corrected chi connectivity index (χ3v) is 3.75. The highest BCUT2D eigenvalue weighted by molar-refractivity contribution is 5.94. The number of carboxylic acid groups (broad SMARTS) is 1. The van der Waals surface area contributed by atoms with Gasteiger partial charge in [0.25, 0.3) is 5.91 Å². The van der Waals surface area contributed by atoms with Gasteiger partial charge < -0.3 is 10.0 Å². The van der Waals surface area contributed by atoms with Gasteiger partial charge in [0.1, 0.15) is 17.2 Å². The molecule has 2 rings (SSSR count). The third kappa shape index (κ3) is 3.77. The van der Waals surface area contributed by atoms with Crippen LogP contribution in [-0.2, 0) is 4.79 Å². The van der Waals surface area contributed by atoms with Crippen molar-refractivity contribution in [2.75, 3.05) is 13.1 Å². The Morgan fingerprint density at radius 2 is 1.95 bits per heavy atom. The molecule has 21 heavy (non-hydrogen) atoms. The first-order valence-corrected chi connectivity index (χ1v) is 6.94. The molecule has 4 nitrogen and oxygen atoms in total. The lowest BCUT2D eigenvalue weighted by molar-refractivity contribution is -0.137. The number of aliphatic carboxylic acids is 1. The van der Waals surface area contributed by atoms with Crippen molar-refractivity contribution in [2.45, 2.75) is 25.7 Å². The van der Waals surface area contributed by atoms with Crippen molar-refractivity contribution >= 4 is 11.9 Å². The highest BCUT2D eigenvalue weighted by atomic mass is 19.1. The van der Waals surface area contributed by atoms with Crippen LogP contribution in [0.1, 0.15) is 36.0 Å². The number of benzene rings is 1. The molecule has 0 unspecified atom stereocenters. The Morgan fingerprint density at radius 1 is 1.29 bits per heavy atom. The first kappa shape index (κ1) is 15.4. The molecule has 0 saturated carbocycles. The van der Waals surface area contributed by atoms with Crippen LogP contribution in [0.25, 0.3) is 0 Å². The van der Waals surface area contributed by atoms with E-state index < -0.39 is 29.1 Å². The molecule has 0 radical (unpaired) electrons. The summed E-state index contributed by atoms with van der Waals surface area (Å²) in [5.74, 6) is -3.21. The number of piperidine rings is 1. The van der Waals surface area contributed by atoms with Crippen LogP contribution in [0, 0.1) is 17.6 Å². The molecular formula is C15H17F2NO3. The average molecular weight is 297 g/mol. The van der Waals surface area contributed by atoms with Crippen molar-refractivity contribution in [1.82, 2.24) is 4.90 Å². The van der Waals surface area contributed by atoms with Gasteiger partial charge in [0.2, 0.25) is 0 Å². The molecule has 0 aliphatic carbocycles. The fraction of sp³-hybridized carbons (Fsp3) is 0.467. The molecule has 6 heteroatoms. The minimum Gasteiger partial charge on any atom is -0.481 e.